The van der Waals surface area contributed by atoms with Gasteiger partial charge in [-0.15, -0.1) is 0 Å². The van der Waals surface area contributed by atoms with Gasteiger partial charge in [-0.05, 0) is 76.0 Å². The molecule has 5 rings (SSSR count). The molecule has 2 aromatic rings. The van der Waals surface area contributed by atoms with Crippen LogP contribution in [0.1, 0.15) is 83.5 Å². The largest absolute Gasteiger partial charge is 0.393 e. The molecule has 2 aliphatic heterocycles. The SMILES string of the molecule is CC1NC(=O)C(C(C)C)OC(O)C2(C=Cc3ccc4ccc(nc4c3)C(C)NC(=O)C3CCCN(N3)C1=O)CCC(O)CC2. The van der Waals surface area contributed by atoms with Gasteiger partial charge in [-0.3, -0.25) is 24.4 Å². The third-order valence-electron chi connectivity index (χ3n) is 9.16. The minimum absolute atomic E-state index is 0.235. The lowest BCUT2D eigenvalue weighted by Gasteiger charge is -2.41. The molecule has 0 radical (unpaired) electrons. The molecule has 5 bridgehead atoms. The molecule has 1 spiro atoms. The van der Waals surface area contributed by atoms with E-state index in [2.05, 4.69) is 16.1 Å². The third-order valence-corrected chi connectivity index (χ3v) is 9.16. The van der Waals surface area contributed by atoms with Gasteiger partial charge in [0.1, 0.15) is 18.2 Å². The predicted molar refractivity (Wildman–Crippen MR) is 165 cm³/mol. The van der Waals surface area contributed by atoms with Crippen LogP contribution in [0.25, 0.3) is 17.0 Å². The van der Waals surface area contributed by atoms with E-state index in [4.69, 9.17) is 9.72 Å². The number of fused-ring (bicyclic) bond motifs is 4. The Labute approximate surface area is 258 Å². The summed E-state index contributed by atoms with van der Waals surface area (Å²) in [6.07, 6.45) is 4.16. The maximum atomic E-state index is 13.5. The van der Waals surface area contributed by atoms with Crippen molar-refractivity contribution in [2.24, 2.45) is 11.3 Å². The zero-order valence-electron chi connectivity index (χ0n) is 26.0. The Bertz CT molecular complexity index is 1400. The van der Waals surface area contributed by atoms with Crippen LogP contribution >= 0.6 is 0 Å². The predicted octanol–water partition coefficient (Wildman–Crippen LogP) is 2.72. The molecule has 1 aliphatic carbocycles. The van der Waals surface area contributed by atoms with Crippen molar-refractivity contribution in [1.29, 1.82) is 0 Å². The molecule has 5 atom stereocenters. The lowest BCUT2D eigenvalue weighted by atomic mass is 9.72. The van der Waals surface area contributed by atoms with E-state index < -0.39 is 41.9 Å². The Morgan fingerprint density at radius 1 is 0.977 bits per heavy atom. The second-order valence-corrected chi connectivity index (χ2v) is 12.9. The van der Waals surface area contributed by atoms with Crippen LogP contribution in [0.4, 0.5) is 0 Å². The Hall–Kier alpha value is -3.38. The summed E-state index contributed by atoms with van der Waals surface area (Å²) in [7, 11) is 0. The van der Waals surface area contributed by atoms with Gasteiger partial charge < -0.3 is 25.6 Å². The molecule has 3 aliphatic rings. The molecule has 1 saturated carbocycles. The zero-order valence-corrected chi connectivity index (χ0v) is 26.0. The Morgan fingerprint density at radius 2 is 1.68 bits per heavy atom. The molecule has 2 fully saturated rings. The summed E-state index contributed by atoms with van der Waals surface area (Å²) in [6, 6.07) is 7.90. The smallest absolute Gasteiger partial charge is 0.258 e. The van der Waals surface area contributed by atoms with Gasteiger partial charge in [0.2, 0.25) is 11.8 Å². The van der Waals surface area contributed by atoms with Crippen molar-refractivity contribution >= 4 is 34.7 Å². The molecule has 1 aromatic heterocycles. The maximum Gasteiger partial charge on any atom is 0.258 e. The van der Waals surface area contributed by atoms with E-state index in [1.54, 1.807) is 6.92 Å². The van der Waals surface area contributed by atoms with Crippen molar-refractivity contribution < 1.29 is 29.3 Å². The van der Waals surface area contributed by atoms with Gasteiger partial charge >= 0.3 is 0 Å². The Kier molecular flexibility index (Phi) is 9.69. The number of aliphatic hydroxyl groups excluding tert-OH is 2. The number of carbonyl (C=O) groups is 3. The normalized spacial score (nSPS) is 32.6. The highest BCUT2D eigenvalue weighted by Gasteiger charge is 2.43. The monoisotopic (exact) mass is 607 g/mol. The van der Waals surface area contributed by atoms with E-state index in [9.17, 15) is 24.6 Å². The molecule has 11 heteroatoms. The van der Waals surface area contributed by atoms with E-state index >= 15 is 0 Å². The van der Waals surface area contributed by atoms with Crippen LogP contribution in [0.3, 0.4) is 0 Å². The maximum absolute atomic E-state index is 13.5. The number of aromatic nitrogens is 1. The highest BCUT2D eigenvalue weighted by Crippen LogP contribution is 2.42. The minimum Gasteiger partial charge on any atom is -0.393 e. The third kappa shape index (κ3) is 6.96. The molecule has 5 unspecified atom stereocenters. The summed E-state index contributed by atoms with van der Waals surface area (Å²) < 4.78 is 6.13. The number of aliphatic hydroxyl groups is 2. The first-order valence-corrected chi connectivity index (χ1v) is 15.8. The van der Waals surface area contributed by atoms with Crippen molar-refractivity contribution in [2.75, 3.05) is 6.54 Å². The van der Waals surface area contributed by atoms with Crippen molar-refractivity contribution in [1.82, 2.24) is 26.1 Å². The number of rotatable bonds is 1. The molecular weight excluding hydrogens is 562 g/mol. The van der Waals surface area contributed by atoms with Crippen LogP contribution in [-0.2, 0) is 19.1 Å². The van der Waals surface area contributed by atoms with Crippen LogP contribution in [0.15, 0.2) is 36.4 Å². The second kappa shape index (κ2) is 13.3. The molecule has 44 heavy (non-hydrogen) atoms. The van der Waals surface area contributed by atoms with Gasteiger partial charge in [-0.25, -0.2) is 5.43 Å². The van der Waals surface area contributed by atoms with Gasteiger partial charge in [0.05, 0.1) is 23.4 Å². The standard InChI is InChI=1S/C33H45N5O6/c1-19(2)28-30(41)35-21(4)31(42)38-17-5-6-26(37-38)29(40)34-20(3)25-10-9-23-8-7-22(18-27(23)36-25)11-14-33(32(43)44-28)15-12-24(39)13-16-33/h7-11,14,18-21,24,26,28,32,37,39,43H,5-6,12-13,15-17H2,1-4H3,(H,34,40)(H,35,41). The zero-order chi connectivity index (χ0) is 31.6. The number of hydrazine groups is 1. The number of pyridine rings is 1. The van der Waals surface area contributed by atoms with Gasteiger partial charge in [-0.1, -0.05) is 44.2 Å². The van der Waals surface area contributed by atoms with Gasteiger partial charge in [0.25, 0.3) is 5.91 Å². The van der Waals surface area contributed by atoms with E-state index in [0.717, 1.165) is 16.5 Å². The van der Waals surface area contributed by atoms with Gasteiger partial charge in [-0.2, -0.15) is 0 Å². The molecule has 1 aromatic carbocycles. The summed E-state index contributed by atoms with van der Waals surface area (Å²) in [5.74, 6) is -1.41. The number of nitrogens with one attached hydrogen (secondary N) is 3. The Morgan fingerprint density at radius 3 is 2.41 bits per heavy atom. The van der Waals surface area contributed by atoms with Crippen molar-refractivity contribution in [3.05, 3.63) is 47.7 Å². The summed E-state index contributed by atoms with van der Waals surface area (Å²) in [6.45, 7) is 7.52. The van der Waals surface area contributed by atoms with Crippen LogP contribution in [0, 0.1) is 11.3 Å². The van der Waals surface area contributed by atoms with E-state index in [0.29, 0.717) is 50.8 Å². The summed E-state index contributed by atoms with van der Waals surface area (Å²) >= 11 is 0. The number of nitrogens with zero attached hydrogens (tertiary/aromatic N) is 2. The fourth-order valence-electron chi connectivity index (χ4n) is 6.30. The fourth-order valence-corrected chi connectivity index (χ4v) is 6.30. The van der Waals surface area contributed by atoms with E-state index in [-0.39, 0.29) is 23.8 Å². The second-order valence-electron chi connectivity index (χ2n) is 12.9. The quantitative estimate of drug-likeness (QED) is 0.332. The molecular formula is C33H45N5O6. The van der Waals surface area contributed by atoms with Crippen molar-refractivity contribution in [2.45, 2.75) is 103 Å². The number of benzene rings is 1. The lowest BCUT2D eigenvalue weighted by molar-refractivity contribution is -0.208. The summed E-state index contributed by atoms with van der Waals surface area (Å²) in [5.41, 5.74) is 4.56. The summed E-state index contributed by atoms with van der Waals surface area (Å²) in [4.78, 5) is 44.9. The molecule has 3 amide bonds. The van der Waals surface area contributed by atoms with Crippen molar-refractivity contribution in [3.63, 3.8) is 0 Å². The van der Waals surface area contributed by atoms with E-state index in [1.165, 1.54) is 5.01 Å². The first-order chi connectivity index (χ1) is 21.0. The van der Waals surface area contributed by atoms with Crippen LogP contribution < -0.4 is 16.1 Å². The first-order valence-electron chi connectivity index (χ1n) is 15.8. The minimum atomic E-state index is -1.32. The molecule has 3 heterocycles. The van der Waals surface area contributed by atoms with Gasteiger partial charge in [0.15, 0.2) is 6.29 Å². The summed E-state index contributed by atoms with van der Waals surface area (Å²) in [5, 5.41) is 30.0. The van der Waals surface area contributed by atoms with Crippen LogP contribution in [0.2, 0.25) is 0 Å². The number of ether oxygens (including phenoxy) is 1. The van der Waals surface area contributed by atoms with Crippen LogP contribution in [0.5, 0.6) is 0 Å². The average Bonchev–Trinajstić information content (AvgIpc) is 3.01. The van der Waals surface area contributed by atoms with Crippen LogP contribution in [-0.4, -0.2) is 75.1 Å². The lowest BCUT2D eigenvalue weighted by Crippen LogP contribution is -2.61. The molecule has 238 valence electrons. The van der Waals surface area contributed by atoms with E-state index in [1.807, 2.05) is 63.3 Å². The first kappa shape index (κ1) is 32.0. The Balaban J connectivity index is 1.53. The molecule has 11 nitrogen and oxygen atoms in total. The van der Waals surface area contributed by atoms with Crippen molar-refractivity contribution in [3.8, 4) is 0 Å². The number of carbonyl (C=O) groups excluding carboxylic acids is 3. The highest BCUT2D eigenvalue weighted by molar-refractivity contribution is 5.90. The van der Waals surface area contributed by atoms with Gasteiger partial charge in [0, 0.05) is 17.3 Å². The number of hydrogen-bond donors (Lipinski definition) is 5. The topological polar surface area (TPSA) is 153 Å². The average molecular weight is 608 g/mol. The highest BCUT2D eigenvalue weighted by atomic mass is 16.6. The molecule has 1 saturated heterocycles. The molecule has 5 N–H and O–H groups in total. The fraction of sp³-hybridized carbons (Fsp3) is 0.576. The number of hydrogen-bond acceptors (Lipinski definition) is 8. The number of amides is 3.